The van der Waals surface area contributed by atoms with Gasteiger partial charge in [-0.2, -0.15) is 8.42 Å². The Kier molecular flexibility index (Phi) is 42.8. The van der Waals surface area contributed by atoms with Crippen LogP contribution in [-0.2, 0) is 24.2 Å². The van der Waals surface area contributed by atoms with Gasteiger partial charge in [0, 0.05) is 55.4 Å². The van der Waals surface area contributed by atoms with Crippen LogP contribution in [0.25, 0.3) is 0 Å². The number of hydrogen-bond donors (Lipinski definition) is 15. The predicted octanol–water partition coefficient (Wildman–Crippen LogP) is 4.28. The molecule has 0 aliphatic carbocycles. The number of carboxylic acid groups (broad SMARTS) is 1. The van der Waals surface area contributed by atoms with E-state index < -0.39 is 114 Å². The number of nitrogens with zero attached hydrogens (tertiary/aromatic N) is 1. The Hall–Kier alpha value is -5.54. The molecule has 0 aliphatic heterocycles. The van der Waals surface area contributed by atoms with Gasteiger partial charge in [0.25, 0.3) is 0 Å². The number of aliphatic hydroxyl groups excluding tert-OH is 11. The molecule has 0 fully saturated rings. The maximum Gasteiger partial charge on any atom is 0.397 e. The third kappa shape index (κ3) is 43.7. The minimum absolute atomic E-state index is 0.0101. The molecule has 21 nitrogen and oxygen atoms in total. The number of carboxylic acids is 1. The first-order chi connectivity index (χ1) is 39.1. The summed E-state index contributed by atoms with van der Waals surface area (Å²) in [5.74, 6) is -3.43. The molecule has 0 saturated carbocycles. The summed E-state index contributed by atoms with van der Waals surface area (Å²) in [6, 6.07) is 0. The average molecular weight is 1190 g/mol. The Morgan fingerprint density at radius 3 is 1.48 bits per heavy atom. The third-order valence-corrected chi connectivity index (χ3v) is 13.1. The van der Waals surface area contributed by atoms with E-state index in [2.05, 4.69) is 4.99 Å². The molecule has 83 heavy (non-hydrogen) atoms. The van der Waals surface area contributed by atoms with E-state index in [0.29, 0.717) is 0 Å². The lowest BCUT2D eigenvalue weighted by Crippen LogP contribution is -2.32. The normalized spacial score (nSPS) is 19.1. The summed E-state index contributed by atoms with van der Waals surface area (Å²) in [5, 5.41) is 123. The van der Waals surface area contributed by atoms with Gasteiger partial charge in [-0.3, -0.25) is 14.3 Å². The van der Waals surface area contributed by atoms with Gasteiger partial charge in [-0.15, -0.1) is 0 Å². The van der Waals surface area contributed by atoms with Gasteiger partial charge in [0.15, 0.2) is 5.96 Å². The Morgan fingerprint density at radius 2 is 0.964 bits per heavy atom. The van der Waals surface area contributed by atoms with Gasteiger partial charge in [0.1, 0.15) is 5.78 Å². The van der Waals surface area contributed by atoms with Crippen molar-refractivity contribution in [2.45, 2.75) is 178 Å². The summed E-state index contributed by atoms with van der Waals surface area (Å²) in [6.07, 6.45) is 29.4. The van der Waals surface area contributed by atoms with E-state index in [1.165, 1.54) is 62.5 Å². The van der Waals surface area contributed by atoms with Gasteiger partial charge in [0.2, 0.25) is 0 Å². The first kappa shape index (κ1) is 77.5. The number of allylic oxidation sites excluding steroid dienone is 16. The summed E-state index contributed by atoms with van der Waals surface area (Å²) < 4.78 is 37.4. The van der Waals surface area contributed by atoms with Crippen LogP contribution in [0, 0.1) is 17.8 Å². The van der Waals surface area contributed by atoms with Crippen LogP contribution in [0.3, 0.4) is 0 Å². The zero-order chi connectivity index (χ0) is 62.8. The minimum Gasteiger partial charge on any atom is -0.478 e. The van der Waals surface area contributed by atoms with Crippen molar-refractivity contribution >= 4 is 28.1 Å². The van der Waals surface area contributed by atoms with Crippen LogP contribution in [0.2, 0.25) is 0 Å². The van der Waals surface area contributed by atoms with E-state index in [-0.39, 0.29) is 81.8 Å². The molecule has 0 saturated heterocycles. The number of unbranched alkanes of at least 4 members (excludes halogenated alkanes) is 1. The topological polar surface area (TPSA) is 405 Å². The molecule has 0 spiro atoms. The molecule has 0 aromatic rings. The maximum atomic E-state index is 13.0. The minimum atomic E-state index is -4.95. The molecule has 15 atom stereocenters. The smallest absolute Gasteiger partial charge is 0.397 e. The van der Waals surface area contributed by atoms with Gasteiger partial charge < -0.3 is 72.7 Å². The Labute approximate surface area is 490 Å². The average Bonchev–Trinajstić information content (AvgIpc) is 3.39. The number of aliphatic carboxylic acids is 1. The lowest BCUT2D eigenvalue weighted by atomic mass is 9.88. The van der Waals surface area contributed by atoms with Gasteiger partial charge in [-0.05, 0) is 51.9 Å². The monoisotopic (exact) mass is 1190 g/mol. The summed E-state index contributed by atoms with van der Waals surface area (Å²) in [4.78, 5) is 27.5. The van der Waals surface area contributed by atoms with E-state index in [1.807, 2.05) is 31.2 Å². The van der Waals surface area contributed by atoms with Crippen molar-refractivity contribution in [3.63, 3.8) is 0 Å². The molecule has 0 aromatic carbocycles. The van der Waals surface area contributed by atoms with E-state index >= 15 is 0 Å². The second-order valence-corrected chi connectivity index (χ2v) is 21.4. The fraction of sp³-hybridized carbons (Fsp3) is 0.525. The molecule has 0 aliphatic rings. The highest BCUT2D eigenvalue weighted by atomic mass is 32.3. The predicted molar refractivity (Wildman–Crippen MR) is 322 cm³/mol. The van der Waals surface area contributed by atoms with Crippen LogP contribution in [0.1, 0.15) is 105 Å². The summed E-state index contributed by atoms with van der Waals surface area (Å²) in [5.41, 5.74) is 10.7. The zero-order valence-corrected chi connectivity index (χ0v) is 49.0. The van der Waals surface area contributed by atoms with Crippen molar-refractivity contribution in [2.24, 2.45) is 34.2 Å². The Balaban J connectivity index is 4.81. The number of carbonyl (C=O) groups excluding carboxylic acids is 1. The summed E-state index contributed by atoms with van der Waals surface area (Å²) >= 11 is 0. The number of aliphatic hydroxyl groups is 11. The van der Waals surface area contributed by atoms with Crippen molar-refractivity contribution in [3.8, 4) is 0 Å². The highest BCUT2D eigenvalue weighted by Crippen LogP contribution is 2.21. The molecule has 0 aromatic heterocycles. The summed E-state index contributed by atoms with van der Waals surface area (Å²) in [6.45, 7) is 6.50. The van der Waals surface area contributed by atoms with Crippen LogP contribution in [0.15, 0.2) is 162 Å². The van der Waals surface area contributed by atoms with Gasteiger partial charge >= 0.3 is 16.4 Å². The number of ketones is 1. The van der Waals surface area contributed by atoms with Crippen molar-refractivity contribution in [1.82, 2.24) is 0 Å². The molecule has 0 rings (SSSR count). The Bertz CT molecular complexity index is 2370. The molecule has 0 bridgehead atoms. The van der Waals surface area contributed by atoms with Gasteiger partial charge in [0.05, 0.1) is 79.8 Å². The SMILES string of the molecule is CC(=CC=CC=CCCC=CC(C)C(O)C(C)C(O)C=CC=CC=CC=CC=CC=CCC(OS(=O)(=O)O)C(C)C(=O)CC(O)CC(O)C=CCC(O)CC(O)C=CCC(O)CC(O)CC(O)C=CCC(O)CC(O)CN=C(N)N)C(=O)O. The van der Waals surface area contributed by atoms with E-state index in [0.717, 1.165) is 12.8 Å². The number of aliphatic imine (C=N–C) groups is 1. The standard InChI is InChI=1S/C61H95N3O18S/c1-43(26-19-15-11-10-12-16-20-27-44(2)60(77)78)59(76)46(4)56(74)34-21-17-13-8-6-5-7-9-14-18-22-35-58(82-83(79,80)81)45(3)57(75)41-54(72)39-51(69)32-24-29-48(66)36-47(65)28-23-30-49(67)37-53(71)38-50(68)31-25-33-52(70)40-55(73)42-64-61(62)63/h5-10,12-14,16-28,31-32,34,43,45-56,58-59,65-74,76H,11,15,29-30,33,35-42H2,1-4H3,(H,77,78)(H4,62,63,64)(H,79,80,81). The zero-order valence-electron chi connectivity index (χ0n) is 48.2. The Morgan fingerprint density at radius 1 is 0.518 bits per heavy atom. The van der Waals surface area contributed by atoms with Crippen molar-refractivity contribution < 1.29 is 88.0 Å². The number of rotatable bonds is 45. The summed E-state index contributed by atoms with van der Waals surface area (Å²) in [7, 11) is -4.95. The van der Waals surface area contributed by atoms with Crippen LogP contribution in [0.4, 0.5) is 0 Å². The number of nitrogens with two attached hydrogens (primary N) is 2. The van der Waals surface area contributed by atoms with E-state index in [4.69, 9.17) is 20.8 Å². The fourth-order valence-electron chi connectivity index (χ4n) is 7.71. The first-order valence-corrected chi connectivity index (χ1v) is 29.1. The maximum absolute atomic E-state index is 13.0. The van der Waals surface area contributed by atoms with E-state index in [1.54, 1.807) is 85.9 Å². The first-order valence-electron chi connectivity index (χ1n) is 27.7. The van der Waals surface area contributed by atoms with Crippen LogP contribution in [-0.4, -0.2) is 172 Å². The molecule has 0 heterocycles. The van der Waals surface area contributed by atoms with Crippen LogP contribution < -0.4 is 11.5 Å². The second kappa shape index (κ2) is 45.8. The lowest BCUT2D eigenvalue weighted by Gasteiger charge is -2.25. The van der Waals surface area contributed by atoms with Crippen LogP contribution >= 0.6 is 0 Å². The number of hydrogen-bond acceptors (Lipinski definition) is 17. The number of guanidine groups is 1. The van der Waals surface area contributed by atoms with Gasteiger partial charge in [-0.1, -0.05) is 173 Å². The molecule has 17 N–H and O–H groups in total. The molecule has 0 amide bonds. The third-order valence-electron chi connectivity index (χ3n) is 12.6. The molecule has 22 heteroatoms. The molecular weight excluding hydrogens is 1090 g/mol. The largest absolute Gasteiger partial charge is 0.478 e. The van der Waals surface area contributed by atoms with Crippen molar-refractivity contribution in [1.29, 1.82) is 0 Å². The highest BCUT2D eigenvalue weighted by Gasteiger charge is 2.30. The fourth-order valence-corrected chi connectivity index (χ4v) is 8.26. The quantitative estimate of drug-likeness (QED) is 0.00769. The molecular formula is C61H95N3O18S. The van der Waals surface area contributed by atoms with Gasteiger partial charge in [-0.25, -0.2) is 8.98 Å². The van der Waals surface area contributed by atoms with E-state index in [9.17, 15) is 78.7 Å². The van der Waals surface area contributed by atoms with Crippen molar-refractivity contribution in [3.05, 3.63) is 157 Å². The molecule has 0 radical (unpaired) electrons. The van der Waals surface area contributed by atoms with Crippen molar-refractivity contribution in [2.75, 3.05) is 6.54 Å². The molecule has 468 valence electrons. The highest BCUT2D eigenvalue weighted by molar-refractivity contribution is 7.80. The number of Topliss-reactive ketones (excluding diaryl/α,β-unsaturated/α-hetero) is 1. The van der Waals surface area contributed by atoms with Crippen LogP contribution in [0.5, 0.6) is 0 Å². The lowest BCUT2D eigenvalue weighted by molar-refractivity contribution is -0.132. The second-order valence-electron chi connectivity index (χ2n) is 20.3. The number of carbonyl (C=O) groups is 2. The molecule has 15 unspecified atom stereocenters.